The molecule has 11 heteroatoms. The number of ether oxygens (including phenoxy) is 2. The van der Waals surface area contributed by atoms with Gasteiger partial charge in [0.15, 0.2) is 6.10 Å². The van der Waals surface area contributed by atoms with Crippen LogP contribution in [0.1, 0.15) is 206 Å². The Kier molecular flexibility index (Phi) is 38.0. The van der Waals surface area contributed by atoms with Gasteiger partial charge >= 0.3 is 19.8 Å². The fourth-order valence-corrected chi connectivity index (χ4v) is 6.82. The minimum absolute atomic E-state index is 0.186. The van der Waals surface area contributed by atoms with E-state index in [-0.39, 0.29) is 19.4 Å². The van der Waals surface area contributed by atoms with Gasteiger partial charge in [0, 0.05) is 12.8 Å². The molecule has 0 aliphatic carbocycles. The van der Waals surface area contributed by atoms with Crippen LogP contribution >= 0.6 is 7.82 Å². The summed E-state index contributed by atoms with van der Waals surface area (Å²) in [4.78, 5) is 35.0. The van der Waals surface area contributed by atoms with E-state index in [2.05, 4.69) is 30.5 Å². The van der Waals surface area contributed by atoms with E-state index in [1.165, 1.54) is 128 Å². The minimum atomic E-state index is -4.61. The van der Waals surface area contributed by atoms with Gasteiger partial charge in [0.05, 0.1) is 19.8 Å². The normalized spacial score (nSPS) is 14.0. The molecule has 0 bridgehead atoms. The zero-order valence-corrected chi connectivity index (χ0v) is 34.9. The van der Waals surface area contributed by atoms with E-state index in [4.69, 9.17) is 19.1 Å². The molecule has 3 N–H and O–H groups in total. The van der Waals surface area contributed by atoms with Crippen molar-refractivity contribution in [2.75, 3.05) is 26.4 Å². The maximum atomic E-state index is 12.6. The van der Waals surface area contributed by atoms with Gasteiger partial charge in [0.25, 0.3) is 0 Å². The summed E-state index contributed by atoms with van der Waals surface area (Å²) in [5.41, 5.74) is 0. The molecule has 53 heavy (non-hydrogen) atoms. The Hall–Kier alpha value is -1.29. The second kappa shape index (κ2) is 39.0. The third-order valence-corrected chi connectivity index (χ3v) is 10.4. The van der Waals surface area contributed by atoms with E-state index in [1.54, 1.807) is 0 Å². The topological polar surface area (TPSA) is 149 Å². The Labute approximate surface area is 324 Å². The highest BCUT2D eigenvalue weighted by molar-refractivity contribution is 7.47. The van der Waals surface area contributed by atoms with Crippen molar-refractivity contribution in [1.29, 1.82) is 0 Å². The van der Waals surface area contributed by atoms with Crippen molar-refractivity contribution in [3.63, 3.8) is 0 Å². The lowest BCUT2D eigenvalue weighted by atomic mass is 10.0. The maximum absolute atomic E-state index is 12.6. The van der Waals surface area contributed by atoms with Crippen LogP contribution in [0.15, 0.2) is 12.2 Å². The van der Waals surface area contributed by atoms with Crippen molar-refractivity contribution >= 4 is 19.8 Å². The molecule has 1 unspecified atom stereocenters. The van der Waals surface area contributed by atoms with Crippen LogP contribution in [0.4, 0.5) is 0 Å². The van der Waals surface area contributed by atoms with Gasteiger partial charge in [-0.15, -0.1) is 0 Å². The summed E-state index contributed by atoms with van der Waals surface area (Å²) in [6.07, 6.45) is 36.0. The van der Waals surface area contributed by atoms with Crippen LogP contribution in [-0.2, 0) is 32.7 Å². The monoisotopic (exact) mass is 777 g/mol. The minimum Gasteiger partial charge on any atom is -0.462 e. The molecule has 3 atom stereocenters. The van der Waals surface area contributed by atoms with E-state index in [0.717, 1.165) is 38.5 Å². The number of phosphoric ester groups is 1. The van der Waals surface area contributed by atoms with Crippen LogP contribution < -0.4 is 0 Å². The average Bonchev–Trinajstić information content (AvgIpc) is 3.14. The lowest BCUT2D eigenvalue weighted by molar-refractivity contribution is -0.161. The molecule has 0 heterocycles. The first-order valence-corrected chi connectivity index (χ1v) is 23.1. The molecule has 0 aromatic heterocycles. The van der Waals surface area contributed by atoms with Crippen molar-refractivity contribution in [3.8, 4) is 0 Å². The molecule has 0 aliphatic heterocycles. The zero-order chi connectivity index (χ0) is 39.1. The lowest BCUT2D eigenvalue weighted by Crippen LogP contribution is -2.29. The van der Waals surface area contributed by atoms with Gasteiger partial charge in [0.1, 0.15) is 12.7 Å². The predicted octanol–water partition coefficient (Wildman–Crippen LogP) is 11.2. The third kappa shape index (κ3) is 38.8. The first-order valence-electron chi connectivity index (χ1n) is 21.6. The smallest absolute Gasteiger partial charge is 0.462 e. The van der Waals surface area contributed by atoms with Gasteiger partial charge in [-0.1, -0.05) is 174 Å². The molecule has 0 aromatic rings. The first kappa shape index (κ1) is 51.7. The van der Waals surface area contributed by atoms with Crippen LogP contribution in [0.5, 0.6) is 0 Å². The van der Waals surface area contributed by atoms with Gasteiger partial charge in [-0.05, 0) is 32.1 Å². The number of hydrogen-bond donors (Lipinski definition) is 3. The highest BCUT2D eigenvalue weighted by Crippen LogP contribution is 2.43. The van der Waals surface area contributed by atoms with Crippen LogP contribution in [0, 0.1) is 0 Å². The molecule has 0 spiro atoms. The summed E-state index contributed by atoms with van der Waals surface area (Å²) in [5.74, 6) is -0.917. The number of aliphatic hydroxyl groups excluding tert-OH is 2. The highest BCUT2D eigenvalue weighted by atomic mass is 31.2. The van der Waals surface area contributed by atoms with Gasteiger partial charge in [-0.3, -0.25) is 18.6 Å². The molecule has 0 rings (SSSR count). The van der Waals surface area contributed by atoms with Gasteiger partial charge in [0.2, 0.25) is 0 Å². The second-order valence-corrected chi connectivity index (χ2v) is 16.2. The van der Waals surface area contributed by atoms with Crippen molar-refractivity contribution in [2.45, 2.75) is 219 Å². The van der Waals surface area contributed by atoms with E-state index >= 15 is 0 Å². The zero-order valence-electron chi connectivity index (χ0n) is 34.0. The van der Waals surface area contributed by atoms with Crippen molar-refractivity contribution in [1.82, 2.24) is 0 Å². The van der Waals surface area contributed by atoms with Gasteiger partial charge in [-0.2, -0.15) is 0 Å². The Morgan fingerprint density at radius 3 is 1.42 bits per heavy atom. The van der Waals surface area contributed by atoms with Crippen molar-refractivity contribution < 1.29 is 47.8 Å². The van der Waals surface area contributed by atoms with Crippen LogP contribution in [0.25, 0.3) is 0 Å². The number of esters is 2. The van der Waals surface area contributed by atoms with E-state index in [9.17, 15) is 24.2 Å². The summed E-state index contributed by atoms with van der Waals surface area (Å²) in [5, 5.41) is 18.3. The third-order valence-electron chi connectivity index (χ3n) is 9.42. The quantitative estimate of drug-likeness (QED) is 0.0237. The summed E-state index contributed by atoms with van der Waals surface area (Å²) in [6.45, 7) is 2.37. The molecule has 0 fully saturated rings. The summed E-state index contributed by atoms with van der Waals surface area (Å²) >= 11 is 0. The Morgan fingerprint density at radius 1 is 0.547 bits per heavy atom. The number of phosphoric acid groups is 1. The van der Waals surface area contributed by atoms with Gasteiger partial charge in [-0.25, -0.2) is 4.57 Å². The van der Waals surface area contributed by atoms with Crippen LogP contribution in [-0.4, -0.2) is 65.7 Å². The van der Waals surface area contributed by atoms with E-state index in [0.29, 0.717) is 12.8 Å². The maximum Gasteiger partial charge on any atom is 0.472 e. The second-order valence-electron chi connectivity index (χ2n) is 14.7. The SMILES string of the molecule is CCCC/C=C/CCCCCCCCCCCC(=O)O[C@H](COC(=O)CCCCCCCCCCCCCCCCC)COP(=O)(O)OC[C@@H](O)CO. The molecular weight excluding hydrogens is 695 g/mol. The summed E-state index contributed by atoms with van der Waals surface area (Å²) < 4.78 is 32.7. The van der Waals surface area contributed by atoms with E-state index in [1.807, 2.05) is 0 Å². The van der Waals surface area contributed by atoms with Crippen LogP contribution in [0.3, 0.4) is 0 Å². The molecule has 0 saturated heterocycles. The number of carbonyl (C=O) groups excluding carboxylic acids is 2. The first-order chi connectivity index (χ1) is 25.7. The average molecular weight is 777 g/mol. The predicted molar refractivity (Wildman–Crippen MR) is 215 cm³/mol. The van der Waals surface area contributed by atoms with Crippen LogP contribution in [0.2, 0.25) is 0 Å². The number of unbranched alkanes of at least 4 members (excludes halogenated alkanes) is 25. The number of carbonyl (C=O) groups is 2. The van der Waals surface area contributed by atoms with E-state index < -0.39 is 51.8 Å². The molecule has 10 nitrogen and oxygen atoms in total. The van der Waals surface area contributed by atoms with Crippen molar-refractivity contribution in [3.05, 3.63) is 12.2 Å². The largest absolute Gasteiger partial charge is 0.472 e. The molecule has 314 valence electrons. The fraction of sp³-hybridized carbons (Fsp3) is 0.905. The molecule has 0 aliphatic rings. The molecule has 0 amide bonds. The lowest BCUT2D eigenvalue weighted by Gasteiger charge is -2.20. The Morgan fingerprint density at radius 2 is 0.943 bits per heavy atom. The number of aliphatic hydroxyl groups is 2. The Balaban J connectivity index is 4.26. The number of rotatable bonds is 41. The molecular formula is C42H81O10P. The summed E-state index contributed by atoms with van der Waals surface area (Å²) in [7, 11) is -4.61. The highest BCUT2D eigenvalue weighted by Gasteiger charge is 2.27. The molecule has 0 saturated carbocycles. The standard InChI is InChI=1S/C42H81O10P/c1-3-5-7-9-11-13-15-17-19-21-23-25-27-29-31-33-41(45)49-37-40(38-51-53(47,48)50-36-39(44)35-43)52-42(46)34-32-30-28-26-24-22-20-18-16-14-12-10-8-6-4-2/h10,12,39-40,43-44H,3-9,11,13-38H2,1-2H3,(H,47,48)/b12-10+/t39-,40+/m0/s1. The molecule has 0 aromatic carbocycles. The Bertz CT molecular complexity index is 899. The fourth-order valence-electron chi connectivity index (χ4n) is 6.03. The number of hydrogen-bond acceptors (Lipinski definition) is 9. The van der Waals surface area contributed by atoms with Crippen molar-refractivity contribution in [2.24, 2.45) is 0 Å². The van der Waals surface area contributed by atoms with Gasteiger partial charge < -0.3 is 24.6 Å². The number of allylic oxidation sites excluding steroid dienone is 2. The summed E-state index contributed by atoms with van der Waals surface area (Å²) in [6, 6.07) is 0. The molecule has 0 radical (unpaired) electrons.